The molecule has 1 atom stereocenters. The molecule has 2 N–H and O–H groups in total. The van der Waals surface area contributed by atoms with Crippen LogP contribution in [0.1, 0.15) is 5.56 Å². The molecule has 3 aromatic rings. The molecule has 2 heterocycles. The van der Waals surface area contributed by atoms with Crippen molar-refractivity contribution in [3.63, 3.8) is 0 Å². The van der Waals surface area contributed by atoms with Gasteiger partial charge in [-0.05, 0) is 42.5 Å². The lowest BCUT2D eigenvalue weighted by atomic mass is 10.1. The molecule has 34 heavy (non-hydrogen) atoms. The van der Waals surface area contributed by atoms with Crippen molar-refractivity contribution < 1.29 is 32.7 Å². The molecule has 2 aliphatic heterocycles. The van der Waals surface area contributed by atoms with Gasteiger partial charge in [-0.3, -0.25) is 0 Å². The second kappa shape index (κ2) is 9.47. The van der Waals surface area contributed by atoms with E-state index in [-0.39, 0.29) is 0 Å². The van der Waals surface area contributed by atoms with Crippen LogP contribution in [0.25, 0.3) is 5.70 Å². The minimum Gasteiger partial charge on any atom is -0.495 e. The van der Waals surface area contributed by atoms with Crippen molar-refractivity contribution in [1.29, 1.82) is 0 Å². The maximum absolute atomic E-state index is 11.6. The fourth-order valence-electron chi connectivity index (χ4n) is 3.62. The number of allylic oxidation sites excluding steroid dienone is 2. The van der Waals surface area contributed by atoms with Gasteiger partial charge in [0.15, 0.2) is 0 Å². The lowest BCUT2D eigenvalue weighted by molar-refractivity contribution is -1.91. The van der Waals surface area contributed by atoms with Gasteiger partial charge in [-0.1, -0.05) is 54.2 Å². The summed E-state index contributed by atoms with van der Waals surface area (Å²) < 4.78 is 45.4. The molecule has 0 fully saturated rings. The minimum atomic E-state index is -4.65. The number of fused-ring (bicyclic) bond motifs is 2. The quantitative estimate of drug-likeness (QED) is 0.381. The zero-order valence-corrected chi connectivity index (χ0v) is 20.2. The van der Waals surface area contributed by atoms with Gasteiger partial charge in [-0.2, -0.15) is 14.0 Å². The largest absolute Gasteiger partial charge is 0.495 e. The topological polar surface area (TPSA) is 112 Å². The molecule has 0 bridgehead atoms. The summed E-state index contributed by atoms with van der Waals surface area (Å²) in [6.07, 6.45) is 3.62. The fourth-order valence-corrected chi connectivity index (χ4v) is 7.12. The summed E-state index contributed by atoms with van der Waals surface area (Å²) in [5.41, 5.74) is 3.16. The second-order valence-electron chi connectivity index (χ2n) is 7.22. The first-order valence-corrected chi connectivity index (χ1v) is 13.3. The van der Waals surface area contributed by atoms with Gasteiger partial charge >= 0.3 is 0 Å². The van der Waals surface area contributed by atoms with Crippen LogP contribution in [0.5, 0.6) is 5.75 Å². The van der Waals surface area contributed by atoms with Crippen molar-refractivity contribution in [2.45, 2.75) is 9.79 Å². The summed E-state index contributed by atoms with van der Waals surface area (Å²) in [4.78, 5) is 2.17. The lowest BCUT2D eigenvalue weighted by Crippen LogP contribution is -2.60. The zero-order chi connectivity index (χ0) is 23.7. The Balaban J connectivity index is 1.63. The number of methoxy groups -OCH3 is 1. The van der Waals surface area contributed by atoms with Gasteiger partial charge in [0.25, 0.3) is 0 Å². The highest BCUT2D eigenvalue weighted by Gasteiger charge is 2.31. The molecule has 3 aromatic carbocycles. The third kappa shape index (κ3) is 4.86. The summed E-state index contributed by atoms with van der Waals surface area (Å²) in [6, 6.07) is 22.6. The number of thioether (sulfide) groups is 1. The van der Waals surface area contributed by atoms with E-state index < -0.39 is 21.0 Å². The molecule has 2 aliphatic rings. The molecule has 0 amide bonds. The number of para-hydroxylation sites is 3. The van der Waals surface area contributed by atoms with Crippen LogP contribution in [0, 0.1) is 10.2 Å². The molecule has 5 rings (SSSR count). The molecule has 1 unspecified atom stereocenters. The van der Waals surface area contributed by atoms with Gasteiger partial charge in [0.05, 0.1) is 38.7 Å². The van der Waals surface area contributed by atoms with Crippen molar-refractivity contribution >= 4 is 44.5 Å². The van der Waals surface area contributed by atoms with E-state index in [1.54, 1.807) is 25.3 Å². The van der Waals surface area contributed by atoms with Crippen LogP contribution in [0.2, 0.25) is 0 Å². The molecule has 0 saturated heterocycles. The van der Waals surface area contributed by atoms with Gasteiger partial charge in [0.1, 0.15) is 20.3 Å². The zero-order valence-electron chi connectivity index (χ0n) is 17.8. The van der Waals surface area contributed by atoms with Crippen LogP contribution < -0.4 is 29.3 Å². The first-order valence-electron chi connectivity index (χ1n) is 10.1. The standard InChI is InChI=1S/C24H19ClN2O5S2/c1-31-21-11-5-3-9-18(21)26-20-14-16(15-24-27-19-10-4-6-12-22(19)33-24)34(32-25(28,29)30)23-13-7-2-8-17(20)23/h2-15,26-27H,1H3/b24-15-. The number of anilines is 2. The van der Waals surface area contributed by atoms with Crippen molar-refractivity contribution in [3.05, 3.63) is 95.5 Å². The van der Waals surface area contributed by atoms with E-state index in [0.29, 0.717) is 15.5 Å². The summed E-state index contributed by atoms with van der Waals surface area (Å²) >= 11 is 1.52. The predicted octanol–water partition coefficient (Wildman–Crippen LogP) is 2.85. The molecule has 0 saturated carbocycles. The summed E-state index contributed by atoms with van der Waals surface area (Å²) in [5, 5.41) is 7.51. The highest BCUT2D eigenvalue weighted by Crippen LogP contribution is 2.45. The van der Waals surface area contributed by atoms with E-state index in [9.17, 15) is 14.0 Å². The van der Waals surface area contributed by atoms with Crippen LogP contribution in [-0.2, 0) is 3.74 Å². The molecule has 10 heteroatoms. The summed E-state index contributed by atoms with van der Waals surface area (Å²) in [7, 11) is -4.51. The number of benzene rings is 3. The smallest absolute Gasteiger partial charge is 0.147 e. The van der Waals surface area contributed by atoms with Gasteiger partial charge in [-0.15, -0.1) is 0 Å². The third-order valence-corrected chi connectivity index (χ3v) is 8.59. The van der Waals surface area contributed by atoms with Crippen LogP contribution in [0.15, 0.2) is 99.8 Å². The highest BCUT2D eigenvalue weighted by atomic mass is 35.7. The molecule has 0 spiro atoms. The summed E-state index contributed by atoms with van der Waals surface area (Å²) in [6.45, 7) is 0. The SMILES string of the molecule is COc1ccccc1NC1=CC(/C=C2/Nc3ccccc3S2)=S(O[Cl+3]([O-])([O-])[O-])c2ccccc21. The Morgan fingerprint density at radius 3 is 2.50 bits per heavy atom. The number of hydrogen-bond donors (Lipinski definition) is 2. The van der Waals surface area contributed by atoms with E-state index in [1.807, 2.05) is 66.7 Å². The Morgan fingerprint density at radius 1 is 0.971 bits per heavy atom. The number of rotatable bonds is 6. The van der Waals surface area contributed by atoms with Gasteiger partial charge < -0.3 is 15.4 Å². The van der Waals surface area contributed by atoms with Crippen LogP contribution in [-0.4, -0.2) is 12.0 Å². The monoisotopic (exact) mass is 514 g/mol. The molecule has 0 aromatic heterocycles. The van der Waals surface area contributed by atoms with Crippen LogP contribution in [0.4, 0.5) is 11.4 Å². The lowest BCUT2D eigenvalue weighted by Gasteiger charge is -2.23. The van der Waals surface area contributed by atoms with Gasteiger partial charge in [0, 0.05) is 21.0 Å². The van der Waals surface area contributed by atoms with E-state index >= 15 is 0 Å². The average molecular weight is 515 g/mol. The van der Waals surface area contributed by atoms with Crippen molar-refractivity contribution in [1.82, 2.24) is 0 Å². The molecular weight excluding hydrogens is 496 g/mol. The molecule has 174 valence electrons. The Kier molecular flexibility index (Phi) is 6.41. The maximum atomic E-state index is 11.6. The van der Waals surface area contributed by atoms with E-state index in [0.717, 1.165) is 32.6 Å². The number of hydrogen-bond acceptors (Lipinski definition) is 8. The van der Waals surface area contributed by atoms with Crippen LogP contribution >= 0.6 is 22.5 Å². The number of halogens is 1. The van der Waals surface area contributed by atoms with E-state index in [2.05, 4.69) is 10.6 Å². The average Bonchev–Trinajstić information content (AvgIpc) is 3.23. The number of ether oxygens (including phenoxy) is 1. The van der Waals surface area contributed by atoms with Crippen LogP contribution in [0.3, 0.4) is 0 Å². The maximum Gasteiger partial charge on any atom is 0.147 e. The predicted molar refractivity (Wildman–Crippen MR) is 127 cm³/mol. The first kappa shape index (κ1) is 23.0. The second-order valence-corrected chi connectivity index (χ2v) is 11.0. The molecular formula is C24H19ClN2O5S2. The van der Waals surface area contributed by atoms with E-state index in [4.69, 9.17) is 8.47 Å². The normalized spacial score (nSPS) is 18.1. The highest BCUT2D eigenvalue weighted by molar-refractivity contribution is 8.12. The molecule has 0 radical (unpaired) electrons. The Hall–Kier alpha value is -2.76. The Labute approximate surface area is 205 Å². The Bertz CT molecular complexity index is 1320. The van der Waals surface area contributed by atoms with Gasteiger partial charge in [-0.25, -0.2) is 0 Å². The minimum absolute atomic E-state index is 0.533. The molecule has 0 aliphatic carbocycles. The summed E-state index contributed by atoms with van der Waals surface area (Å²) in [5.74, 6) is 0.658. The fraction of sp³-hybridized carbons (Fsp3) is 0.0417. The molecule has 7 nitrogen and oxygen atoms in total. The third-order valence-electron chi connectivity index (χ3n) is 5.03. The van der Waals surface area contributed by atoms with Crippen molar-refractivity contribution in [3.8, 4) is 5.75 Å². The van der Waals surface area contributed by atoms with E-state index in [1.165, 1.54) is 11.8 Å². The number of nitrogens with one attached hydrogen (secondary N) is 2. The van der Waals surface area contributed by atoms with Crippen molar-refractivity contribution in [2.24, 2.45) is 0 Å². The Morgan fingerprint density at radius 2 is 1.71 bits per heavy atom. The van der Waals surface area contributed by atoms with Crippen molar-refractivity contribution in [2.75, 3.05) is 17.7 Å². The van der Waals surface area contributed by atoms with Gasteiger partial charge in [0.2, 0.25) is 0 Å². The first-order chi connectivity index (χ1) is 16.4.